The lowest BCUT2D eigenvalue weighted by atomic mass is 9.93. The fraction of sp³-hybridized carbons (Fsp3) is 0.538. The van der Waals surface area contributed by atoms with Crippen LogP contribution in [-0.2, 0) is 4.79 Å². The van der Waals surface area contributed by atoms with Gasteiger partial charge in [0.2, 0.25) is 0 Å². The maximum Gasteiger partial charge on any atom is 0.303 e. The Bertz CT molecular complexity index is 465. The number of aromatic nitrogens is 2. The van der Waals surface area contributed by atoms with Crippen molar-refractivity contribution in [3.63, 3.8) is 0 Å². The Morgan fingerprint density at radius 2 is 2.00 bits per heavy atom. The third-order valence-corrected chi connectivity index (χ3v) is 3.37. The molecule has 1 aliphatic heterocycles. The number of hydrogen-bond acceptors (Lipinski definition) is 4. The summed E-state index contributed by atoms with van der Waals surface area (Å²) in [6.07, 6.45) is 4.71. The van der Waals surface area contributed by atoms with Gasteiger partial charge >= 0.3 is 5.97 Å². The van der Waals surface area contributed by atoms with Crippen molar-refractivity contribution in [1.29, 1.82) is 0 Å². The number of piperidine rings is 1. The zero-order valence-electron chi connectivity index (χ0n) is 10.9. The molecule has 6 heteroatoms. The minimum absolute atomic E-state index is 0.124. The molecule has 2 heterocycles. The second kappa shape index (κ2) is 5.77. The van der Waals surface area contributed by atoms with E-state index in [1.807, 2.05) is 6.92 Å². The summed E-state index contributed by atoms with van der Waals surface area (Å²) in [6.45, 7) is 3.00. The van der Waals surface area contributed by atoms with Crippen LogP contribution in [0.2, 0.25) is 0 Å². The maximum atomic E-state index is 12.1. The smallest absolute Gasteiger partial charge is 0.303 e. The quantitative estimate of drug-likeness (QED) is 0.883. The fourth-order valence-electron chi connectivity index (χ4n) is 2.25. The first kappa shape index (κ1) is 13.5. The number of rotatable bonds is 3. The summed E-state index contributed by atoms with van der Waals surface area (Å²) in [5.74, 6) is -0.721. The minimum atomic E-state index is -0.769. The molecule has 0 radical (unpaired) electrons. The van der Waals surface area contributed by atoms with Crippen LogP contribution in [0.15, 0.2) is 12.4 Å². The molecule has 102 valence electrons. The molecule has 1 amide bonds. The lowest BCUT2D eigenvalue weighted by molar-refractivity contribution is -0.138. The van der Waals surface area contributed by atoms with Crippen LogP contribution in [0.1, 0.15) is 35.4 Å². The van der Waals surface area contributed by atoms with Crippen molar-refractivity contribution in [3.8, 4) is 0 Å². The molecule has 1 aliphatic rings. The maximum absolute atomic E-state index is 12.1. The van der Waals surface area contributed by atoms with E-state index in [2.05, 4.69) is 9.97 Å². The Balaban J connectivity index is 1.92. The summed E-state index contributed by atoms with van der Waals surface area (Å²) in [7, 11) is 0. The number of carboxylic acids is 1. The topological polar surface area (TPSA) is 83.4 Å². The average Bonchev–Trinajstić information content (AvgIpc) is 2.39. The van der Waals surface area contributed by atoms with Gasteiger partial charge in [0, 0.05) is 25.7 Å². The Morgan fingerprint density at radius 1 is 1.32 bits per heavy atom. The second-order valence-electron chi connectivity index (χ2n) is 4.88. The van der Waals surface area contributed by atoms with Gasteiger partial charge in [-0.1, -0.05) is 0 Å². The van der Waals surface area contributed by atoms with Crippen LogP contribution in [0.4, 0.5) is 0 Å². The molecule has 0 bridgehead atoms. The van der Waals surface area contributed by atoms with E-state index in [0.717, 1.165) is 18.5 Å². The number of hydrogen-bond donors (Lipinski definition) is 1. The van der Waals surface area contributed by atoms with Crippen molar-refractivity contribution >= 4 is 11.9 Å². The molecule has 19 heavy (non-hydrogen) atoms. The fourth-order valence-corrected chi connectivity index (χ4v) is 2.25. The zero-order chi connectivity index (χ0) is 13.8. The minimum Gasteiger partial charge on any atom is -0.481 e. The Morgan fingerprint density at radius 3 is 2.53 bits per heavy atom. The number of amides is 1. The van der Waals surface area contributed by atoms with Crippen molar-refractivity contribution in [2.45, 2.75) is 26.2 Å². The van der Waals surface area contributed by atoms with E-state index in [-0.39, 0.29) is 18.2 Å². The van der Waals surface area contributed by atoms with Gasteiger partial charge in [0.05, 0.1) is 11.9 Å². The third kappa shape index (κ3) is 3.49. The molecule has 0 unspecified atom stereocenters. The molecular formula is C13H17N3O3. The number of carbonyl (C=O) groups is 2. The molecule has 0 spiro atoms. The monoisotopic (exact) mass is 263 g/mol. The van der Waals surface area contributed by atoms with Gasteiger partial charge in [0.15, 0.2) is 0 Å². The van der Waals surface area contributed by atoms with Crippen LogP contribution in [-0.4, -0.2) is 44.9 Å². The first-order chi connectivity index (χ1) is 9.06. The van der Waals surface area contributed by atoms with Crippen LogP contribution in [0.3, 0.4) is 0 Å². The van der Waals surface area contributed by atoms with Gasteiger partial charge in [-0.15, -0.1) is 0 Å². The number of aryl methyl sites for hydroxylation is 1. The SMILES string of the molecule is Cc1cnc(C(=O)N2CCC(CC(=O)O)CC2)cn1. The zero-order valence-corrected chi connectivity index (χ0v) is 10.9. The van der Waals surface area contributed by atoms with Gasteiger partial charge in [-0.05, 0) is 25.7 Å². The molecule has 1 saturated heterocycles. The highest BCUT2D eigenvalue weighted by molar-refractivity contribution is 5.92. The van der Waals surface area contributed by atoms with E-state index in [1.54, 1.807) is 11.1 Å². The summed E-state index contributed by atoms with van der Waals surface area (Å²) in [5.41, 5.74) is 1.12. The highest BCUT2D eigenvalue weighted by Crippen LogP contribution is 2.21. The van der Waals surface area contributed by atoms with Crippen LogP contribution in [0, 0.1) is 12.8 Å². The molecular weight excluding hydrogens is 246 g/mol. The van der Waals surface area contributed by atoms with Gasteiger partial charge in [0.25, 0.3) is 5.91 Å². The summed E-state index contributed by atoms with van der Waals surface area (Å²) in [5, 5.41) is 8.75. The standard InChI is InChI=1S/C13H17N3O3/c1-9-7-15-11(8-14-9)13(19)16-4-2-10(3-5-16)6-12(17)18/h7-8,10H,2-6H2,1H3,(H,17,18). The van der Waals surface area contributed by atoms with Gasteiger partial charge in [-0.3, -0.25) is 14.6 Å². The molecule has 1 fully saturated rings. The largest absolute Gasteiger partial charge is 0.481 e. The number of carboxylic acid groups (broad SMARTS) is 1. The van der Waals surface area contributed by atoms with Crippen LogP contribution < -0.4 is 0 Å². The molecule has 1 aromatic rings. The van der Waals surface area contributed by atoms with E-state index in [9.17, 15) is 9.59 Å². The van der Waals surface area contributed by atoms with Crippen molar-refractivity contribution < 1.29 is 14.7 Å². The lowest BCUT2D eigenvalue weighted by Crippen LogP contribution is -2.39. The highest BCUT2D eigenvalue weighted by atomic mass is 16.4. The molecule has 1 N–H and O–H groups in total. The van der Waals surface area contributed by atoms with Crippen LogP contribution in [0.5, 0.6) is 0 Å². The summed E-state index contributed by atoms with van der Waals surface area (Å²) in [6, 6.07) is 0. The number of aliphatic carboxylic acids is 1. The van der Waals surface area contributed by atoms with Crippen LogP contribution >= 0.6 is 0 Å². The number of carbonyl (C=O) groups excluding carboxylic acids is 1. The molecule has 0 atom stereocenters. The predicted molar refractivity (Wildman–Crippen MR) is 67.6 cm³/mol. The molecule has 0 aliphatic carbocycles. The van der Waals surface area contributed by atoms with Gasteiger partial charge in [-0.2, -0.15) is 0 Å². The van der Waals surface area contributed by atoms with Crippen LogP contribution in [0.25, 0.3) is 0 Å². The number of likely N-dealkylation sites (tertiary alicyclic amines) is 1. The normalized spacial score (nSPS) is 16.4. The molecule has 1 aromatic heterocycles. The Hall–Kier alpha value is -1.98. The van der Waals surface area contributed by atoms with Crippen molar-refractivity contribution in [2.75, 3.05) is 13.1 Å². The number of nitrogens with zero attached hydrogens (tertiary/aromatic N) is 3. The first-order valence-corrected chi connectivity index (χ1v) is 6.36. The molecule has 0 saturated carbocycles. The summed E-state index contributed by atoms with van der Waals surface area (Å²) < 4.78 is 0. The predicted octanol–water partition coefficient (Wildman–Crippen LogP) is 1.11. The molecule has 2 rings (SSSR count). The van der Waals surface area contributed by atoms with E-state index < -0.39 is 5.97 Å². The third-order valence-electron chi connectivity index (χ3n) is 3.37. The second-order valence-corrected chi connectivity index (χ2v) is 4.88. The van der Waals surface area contributed by atoms with E-state index in [0.29, 0.717) is 18.8 Å². The molecule has 6 nitrogen and oxygen atoms in total. The van der Waals surface area contributed by atoms with Crippen molar-refractivity contribution in [1.82, 2.24) is 14.9 Å². The van der Waals surface area contributed by atoms with Crippen molar-refractivity contribution in [2.24, 2.45) is 5.92 Å². The van der Waals surface area contributed by atoms with Gasteiger partial charge in [-0.25, -0.2) is 4.98 Å². The Labute approximate surface area is 111 Å². The summed E-state index contributed by atoms with van der Waals surface area (Å²) in [4.78, 5) is 32.6. The van der Waals surface area contributed by atoms with E-state index in [4.69, 9.17) is 5.11 Å². The van der Waals surface area contributed by atoms with Gasteiger partial charge in [0.1, 0.15) is 5.69 Å². The van der Waals surface area contributed by atoms with E-state index in [1.165, 1.54) is 6.20 Å². The first-order valence-electron chi connectivity index (χ1n) is 6.36. The Kier molecular flexibility index (Phi) is 4.09. The summed E-state index contributed by atoms with van der Waals surface area (Å²) >= 11 is 0. The highest BCUT2D eigenvalue weighted by Gasteiger charge is 2.25. The lowest BCUT2D eigenvalue weighted by Gasteiger charge is -2.31. The molecule has 0 aromatic carbocycles. The average molecular weight is 263 g/mol. The van der Waals surface area contributed by atoms with Gasteiger partial charge < -0.3 is 10.0 Å². The van der Waals surface area contributed by atoms with Crippen molar-refractivity contribution in [3.05, 3.63) is 23.8 Å². The van der Waals surface area contributed by atoms with E-state index >= 15 is 0 Å².